The van der Waals surface area contributed by atoms with Crippen molar-refractivity contribution < 1.29 is 0 Å². The maximum Gasteiger partial charge on any atom is 0.0277 e. The van der Waals surface area contributed by atoms with Crippen LogP contribution in [0.15, 0.2) is 0 Å². The Balaban J connectivity index is 2.14. The predicted molar refractivity (Wildman–Crippen MR) is 85.7 cm³/mol. The molecule has 19 heavy (non-hydrogen) atoms. The van der Waals surface area contributed by atoms with Crippen LogP contribution in [0.1, 0.15) is 72.6 Å². The number of rotatable bonds is 8. The summed E-state index contributed by atoms with van der Waals surface area (Å²) in [4.78, 5) is 2.69. The lowest BCUT2D eigenvalue weighted by Gasteiger charge is -2.32. The molecule has 0 aromatic carbocycles. The molecule has 1 saturated heterocycles. The lowest BCUT2D eigenvalue weighted by molar-refractivity contribution is 0.211. The molecule has 0 amide bonds. The average molecular weight is 268 g/mol. The molecule has 1 atom stereocenters. The van der Waals surface area contributed by atoms with Crippen LogP contribution in [0.2, 0.25) is 0 Å². The standard InChI is InChI=1S/C17H36N2/c1-5-17(4)15-19(14-10-12-18-17)13-9-7-6-8-11-16(2)3/h16,18H,5-15H2,1-4H3. The van der Waals surface area contributed by atoms with E-state index in [1.54, 1.807) is 0 Å². The van der Waals surface area contributed by atoms with Crippen molar-refractivity contribution in [2.24, 2.45) is 5.92 Å². The minimum Gasteiger partial charge on any atom is -0.310 e. The zero-order chi connectivity index (χ0) is 14.1. The lowest BCUT2D eigenvalue weighted by atomic mass is 9.98. The van der Waals surface area contributed by atoms with E-state index in [9.17, 15) is 0 Å². The van der Waals surface area contributed by atoms with Gasteiger partial charge >= 0.3 is 0 Å². The summed E-state index contributed by atoms with van der Waals surface area (Å²) in [6.07, 6.45) is 9.60. The molecule has 0 radical (unpaired) electrons. The van der Waals surface area contributed by atoms with E-state index in [2.05, 4.69) is 37.9 Å². The molecular formula is C17H36N2. The molecule has 2 nitrogen and oxygen atoms in total. The molecule has 1 unspecified atom stereocenters. The highest BCUT2D eigenvalue weighted by Crippen LogP contribution is 2.16. The second kappa shape index (κ2) is 8.97. The zero-order valence-corrected chi connectivity index (χ0v) is 13.8. The number of hydrogen-bond acceptors (Lipinski definition) is 2. The third-order valence-corrected chi connectivity index (χ3v) is 4.56. The number of hydrogen-bond donors (Lipinski definition) is 1. The van der Waals surface area contributed by atoms with Crippen LogP contribution in [0, 0.1) is 5.92 Å². The van der Waals surface area contributed by atoms with E-state index < -0.39 is 0 Å². The van der Waals surface area contributed by atoms with Crippen molar-refractivity contribution in [3.63, 3.8) is 0 Å². The van der Waals surface area contributed by atoms with Gasteiger partial charge in [-0.2, -0.15) is 0 Å². The summed E-state index contributed by atoms with van der Waals surface area (Å²) < 4.78 is 0. The van der Waals surface area contributed by atoms with Crippen molar-refractivity contribution >= 4 is 0 Å². The molecule has 0 aromatic rings. The smallest absolute Gasteiger partial charge is 0.0277 e. The first kappa shape index (κ1) is 17.0. The summed E-state index contributed by atoms with van der Waals surface area (Å²) in [5.41, 5.74) is 0.341. The van der Waals surface area contributed by atoms with Crippen LogP contribution in [0.25, 0.3) is 0 Å². The van der Waals surface area contributed by atoms with Gasteiger partial charge in [0.25, 0.3) is 0 Å². The zero-order valence-electron chi connectivity index (χ0n) is 13.8. The van der Waals surface area contributed by atoms with E-state index in [4.69, 9.17) is 0 Å². The monoisotopic (exact) mass is 268 g/mol. The largest absolute Gasteiger partial charge is 0.310 e. The van der Waals surface area contributed by atoms with E-state index >= 15 is 0 Å². The fourth-order valence-electron chi connectivity index (χ4n) is 2.99. The Kier molecular flexibility index (Phi) is 8.01. The van der Waals surface area contributed by atoms with Gasteiger partial charge in [0.1, 0.15) is 0 Å². The van der Waals surface area contributed by atoms with Crippen LogP contribution < -0.4 is 5.32 Å². The molecule has 0 aliphatic carbocycles. The van der Waals surface area contributed by atoms with Crippen molar-refractivity contribution in [1.29, 1.82) is 0 Å². The molecule has 1 N–H and O–H groups in total. The molecular weight excluding hydrogens is 232 g/mol. The molecule has 1 fully saturated rings. The van der Waals surface area contributed by atoms with E-state index in [1.165, 1.54) is 71.1 Å². The van der Waals surface area contributed by atoms with Gasteiger partial charge in [-0.3, -0.25) is 0 Å². The van der Waals surface area contributed by atoms with Crippen molar-refractivity contribution in [3.8, 4) is 0 Å². The fraction of sp³-hybridized carbons (Fsp3) is 1.00. The van der Waals surface area contributed by atoms with Crippen LogP contribution in [-0.4, -0.2) is 36.6 Å². The van der Waals surface area contributed by atoms with Gasteiger partial charge in [-0.1, -0.05) is 46.5 Å². The van der Waals surface area contributed by atoms with Crippen LogP contribution in [0.4, 0.5) is 0 Å². The number of nitrogens with zero attached hydrogens (tertiary/aromatic N) is 1. The second-order valence-electron chi connectivity index (χ2n) is 7.07. The van der Waals surface area contributed by atoms with Gasteiger partial charge in [-0.25, -0.2) is 0 Å². The van der Waals surface area contributed by atoms with Crippen molar-refractivity contribution in [2.75, 3.05) is 26.2 Å². The Labute approximate surface area is 121 Å². The first-order chi connectivity index (χ1) is 9.06. The maximum absolute atomic E-state index is 3.72. The number of unbranched alkanes of at least 4 members (excludes halogenated alkanes) is 3. The lowest BCUT2D eigenvalue weighted by Crippen LogP contribution is -2.48. The molecule has 0 aromatic heterocycles. The van der Waals surface area contributed by atoms with Crippen LogP contribution in [-0.2, 0) is 0 Å². The van der Waals surface area contributed by atoms with Crippen LogP contribution in [0.5, 0.6) is 0 Å². The van der Waals surface area contributed by atoms with E-state index in [1.807, 2.05) is 0 Å². The van der Waals surface area contributed by atoms with E-state index in [0.29, 0.717) is 5.54 Å². The minimum absolute atomic E-state index is 0.341. The second-order valence-corrected chi connectivity index (χ2v) is 7.07. The molecule has 1 heterocycles. The first-order valence-electron chi connectivity index (χ1n) is 8.53. The Morgan fingerprint density at radius 3 is 2.58 bits per heavy atom. The predicted octanol–water partition coefficient (Wildman–Crippen LogP) is 4.06. The molecule has 1 rings (SSSR count). The molecule has 0 saturated carbocycles. The van der Waals surface area contributed by atoms with Gasteiger partial charge in [0.15, 0.2) is 0 Å². The summed E-state index contributed by atoms with van der Waals surface area (Å²) in [6, 6.07) is 0. The molecule has 0 bridgehead atoms. The number of nitrogens with one attached hydrogen (secondary N) is 1. The Morgan fingerprint density at radius 2 is 1.89 bits per heavy atom. The SMILES string of the molecule is CCC1(C)CN(CCCCCCC(C)C)CCCN1. The molecule has 114 valence electrons. The third-order valence-electron chi connectivity index (χ3n) is 4.56. The summed E-state index contributed by atoms with van der Waals surface area (Å²) in [7, 11) is 0. The molecule has 1 aliphatic heterocycles. The van der Waals surface area contributed by atoms with Crippen LogP contribution in [0.3, 0.4) is 0 Å². The topological polar surface area (TPSA) is 15.3 Å². The highest BCUT2D eigenvalue weighted by atomic mass is 15.2. The van der Waals surface area contributed by atoms with Gasteiger partial charge in [-0.15, -0.1) is 0 Å². The molecule has 2 heteroatoms. The quantitative estimate of drug-likeness (QED) is 0.668. The van der Waals surface area contributed by atoms with Gasteiger partial charge < -0.3 is 10.2 Å². The van der Waals surface area contributed by atoms with Gasteiger partial charge in [-0.05, 0) is 51.7 Å². The average Bonchev–Trinajstić information content (AvgIpc) is 2.56. The fourth-order valence-corrected chi connectivity index (χ4v) is 2.99. The summed E-state index contributed by atoms with van der Waals surface area (Å²) in [6.45, 7) is 14.4. The van der Waals surface area contributed by atoms with Gasteiger partial charge in [0, 0.05) is 12.1 Å². The van der Waals surface area contributed by atoms with Crippen molar-refractivity contribution in [2.45, 2.75) is 78.2 Å². The highest BCUT2D eigenvalue weighted by molar-refractivity contribution is 4.87. The molecule has 0 spiro atoms. The summed E-state index contributed by atoms with van der Waals surface area (Å²) >= 11 is 0. The maximum atomic E-state index is 3.72. The summed E-state index contributed by atoms with van der Waals surface area (Å²) in [5.74, 6) is 0.877. The van der Waals surface area contributed by atoms with E-state index in [-0.39, 0.29) is 0 Å². The third kappa shape index (κ3) is 7.31. The Bertz CT molecular complexity index is 227. The van der Waals surface area contributed by atoms with Crippen molar-refractivity contribution in [3.05, 3.63) is 0 Å². The summed E-state index contributed by atoms with van der Waals surface area (Å²) in [5, 5.41) is 3.72. The van der Waals surface area contributed by atoms with Crippen molar-refractivity contribution in [1.82, 2.24) is 10.2 Å². The Hall–Kier alpha value is -0.0800. The normalized spacial score (nSPS) is 25.7. The highest BCUT2D eigenvalue weighted by Gasteiger charge is 2.26. The molecule has 1 aliphatic rings. The minimum atomic E-state index is 0.341. The first-order valence-corrected chi connectivity index (χ1v) is 8.53. The van der Waals surface area contributed by atoms with E-state index in [0.717, 1.165) is 5.92 Å². The van der Waals surface area contributed by atoms with Gasteiger partial charge in [0.05, 0.1) is 0 Å². The van der Waals surface area contributed by atoms with Crippen LogP contribution >= 0.6 is 0 Å². The Morgan fingerprint density at radius 1 is 1.16 bits per heavy atom. The van der Waals surface area contributed by atoms with Gasteiger partial charge in [0.2, 0.25) is 0 Å².